The minimum Gasteiger partial charge on any atom is -0.457 e. The lowest BCUT2D eigenvalue weighted by molar-refractivity contribution is -0.141. The number of ether oxygens (including phenoxy) is 1. The van der Waals surface area contributed by atoms with Crippen LogP contribution in [0.2, 0.25) is 4.47 Å². The second-order valence-corrected chi connectivity index (χ2v) is 5.66. The third-order valence-electron chi connectivity index (χ3n) is 2.59. The molecule has 1 aromatic carbocycles. The summed E-state index contributed by atoms with van der Waals surface area (Å²) in [5.41, 5.74) is 2.15. The van der Waals surface area contributed by atoms with Gasteiger partial charge in [-0.3, -0.25) is 9.59 Å². The number of rotatable bonds is 5. The van der Waals surface area contributed by atoms with Gasteiger partial charge in [0.1, 0.15) is 0 Å². The lowest BCUT2D eigenvalue weighted by Crippen LogP contribution is -2.15. The fourth-order valence-corrected chi connectivity index (χ4v) is 2.31. The number of aromatic nitrogens is 1. The van der Waals surface area contributed by atoms with Crippen molar-refractivity contribution in [3.8, 4) is 0 Å². The Hall–Kier alpha value is -1.72. The maximum absolute atomic E-state index is 11.8. The Bertz CT molecular complexity index is 622. The van der Waals surface area contributed by atoms with Crippen molar-refractivity contribution in [2.45, 2.75) is 13.3 Å². The molecule has 0 radical (unpaired) electrons. The van der Waals surface area contributed by atoms with E-state index >= 15 is 0 Å². The van der Waals surface area contributed by atoms with Gasteiger partial charge in [-0.1, -0.05) is 41.4 Å². The first-order valence-corrected chi connectivity index (χ1v) is 7.16. The number of hydrogen-bond acceptors (Lipinski definition) is 5. The van der Waals surface area contributed by atoms with Gasteiger partial charge in [0.05, 0.1) is 12.1 Å². The van der Waals surface area contributed by atoms with Crippen LogP contribution in [0.25, 0.3) is 0 Å². The average molecular weight is 310 g/mol. The highest BCUT2D eigenvalue weighted by molar-refractivity contribution is 7.13. The maximum atomic E-state index is 11.8. The molecule has 4 nitrogen and oxygen atoms in total. The summed E-state index contributed by atoms with van der Waals surface area (Å²) in [6.07, 6.45) is 0.0183. The second-order valence-electron chi connectivity index (χ2n) is 4.22. The van der Waals surface area contributed by atoms with Crippen LogP contribution in [0.4, 0.5) is 0 Å². The zero-order chi connectivity index (χ0) is 14.5. The van der Waals surface area contributed by atoms with Crippen LogP contribution in [0, 0.1) is 6.92 Å². The Morgan fingerprint density at radius 3 is 2.60 bits per heavy atom. The fourth-order valence-electron chi connectivity index (χ4n) is 1.53. The predicted molar refractivity (Wildman–Crippen MR) is 77.3 cm³/mol. The van der Waals surface area contributed by atoms with Crippen molar-refractivity contribution >= 4 is 34.7 Å². The van der Waals surface area contributed by atoms with Gasteiger partial charge < -0.3 is 4.74 Å². The zero-order valence-electron chi connectivity index (χ0n) is 10.8. The molecule has 0 spiro atoms. The number of ketones is 1. The number of nitrogens with zero attached hydrogens (tertiary/aromatic N) is 1. The van der Waals surface area contributed by atoms with Crippen molar-refractivity contribution in [2.24, 2.45) is 0 Å². The monoisotopic (exact) mass is 309 g/mol. The summed E-state index contributed by atoms with van der Waals surface area (Å²) in [5, 5.41) is 1.69. The average Bonchev–Trinajstić information content (AvgIpc) is 2.82. The predicted octanol–water partition coefficient (Wildman–Crippen LogP) is 3.07. The van der Waals surface area contributed by atoms with E-state index in [2.05, 4.69) is 4.98 Å². The Labute approximate surface area is 125 Å². The fraction of sp³-hybridized carbons (Fsp3) is 0.214. The molecule has 6 heteroatoms. The molecule has 0 unspecified atom stereocenters. The molecular formula is C14H12ClNO3S. The van der Waals surface area contributed by atoms with E-state index in [9.17, 15) is 9.59 Å². The van der Waals surface area contributed by atoms with Crippen LogP contribution in [-0.4, -0.2) is 23.3 Å². The number of halogens is 1. The molecule has 0 saturated heterocycles. The van der Waals surface area contributed by atoms with Gasteiger partial charge in [0, 0.05) is 10.9 Å². The molecule has 0 aliphatic carbocycles. The first-order chi connectivity index (χ1) is 9.54. The van der Waals surface area contributed by atoms with Crippen LogP contribution in [-0.2, 0) is 16.0 Å². The van der Waals surface area contributed by atoms with Crippen molar-refractivity contribution in [3.05, 3.63) is 50.9 Å². The van der Waals surface area contributed by atoms with Gasteiger partial charge in [-0.25, -0.2) is 4.98 Å². The van der Waals surface area contributed by atoms with E-state index in [0.29, 0.717) is 15.7 Å². The molecule has 0 N–H and O–H groups in total. The maximum Gasteiger partial charge on any atom is 0.312 e. The van der Waals surface area contributed by atoms with Gasteiger partial charge in [-0.2, -0.15) is 0 Å². The summed E-state index contributed by atoms with van der Waals surface area (Å²) in [5.74, 6) is -0.720. The molecule has 0 fully saturated rings. The minimum absolute atomic E-state index is 0.0183. The van der Waals surface area contributed by atoms with Crippen molar-refractivity contribution in [1.29, 1.82) is 0 Å². The number of thiazole rings is 1. The number of carbonyl (C=O) groups excluding carboxylic acids is 2. The van der Waals surface area contributed by atoms with E-state index in [4.69, 9.17) is 16.3 Å². The van der Waals surface area contributed by atoms with Crippen LogP contribution < -0.4 is 0 Å². The molecule has 2 rings (SSSR count). The topological polar surface area (TPSA) is 56.3 Å². The first kappa shape index (κ1) is 14.7. The summed E-state index contributed by atoms with van der Waals surface area (Å²) in [4.78, 5) is 27.3. The number of esters is 1. The number of Topliss-reactive ketones (excluding diaryl/α,β-unsaturated/α-hetero) is 1. The Balaban J connectivity index is 1.84. The van der Waals surface area contributed by atoms with Gasteiger partial charge in [0.2, 0.25) is 0 Å². The van der Waals surface area contributed by atoms with E-state index in [1.54, 1.807) is 17.5 Å². The number of carbonyl (C=O) groups is 2. The molecule has 20 heavy (non-hydrogen) atoms. The van der Waals surface area contributed by atoms with Crippen molar-refractivity contribution in [3.63, 3.8) is 0 Å². The molecule has 104 valence electrons. The van der Waals surface area contributed by atoms with Crippen molar-refractivity contribution in [1.82, 2.24) is 4.98 Å². The first-order valence-electron chi connectivity index (χ1n) is 5.90. The van der Waals surface area contributed by atoms with E-state index in [1.807, 2.05) is 19.1 Å². The lowest BCUT2D eigenvalue weighted by Gasteiger charge is -2.03. The molecule has 1 heterocycles. The SMILES string of the molecule is Cc1ccc(C(=O)COC(=O)Cc2csc(Cl)n2)cc1. The number of hydrogen-bond donors (Lipinski definition) is 0. The van der Waals surface area contributed by atoms with Crippen LogP contribution in [0.3, 0.4) is 0 Å². The van der Waals surface area contributed by atoms with Crippen LogP contribution in [0.5, 0.6) is 0 Å². The standard InChI is InChI=1S/C14H12ClNO3S/c1-9-2-4-10(5-3-9)12(17)7-19-13(18)6-11-8-20-14(15)16-11/h2-5,8H,6-7H2,1H3. The van der Waals surface area contributed by atoms with Crippen molar-refractivity contribution in [2.75, 3.05) is 6.61 Å². The largest absolute Gasteiger partial charge is 0.457 e. The highest BCUT2D eigenvalue weighted by atomic mass is 35.5. The Kier molecular flexibility index (Phi) is 4.87. The quantitative estimate of drug-likeness (QED) is 0.629. The second kappa shape index (κ2) is 6.63. The molecule has 2 aromatic rings. The molecule has 1 aromatic heterocycles. The summed E-state index contributed by atoms with van der Waals surface area (Å²) in [6, 6.07) is 7.11. The molecule has 0 bridgehead atoms. The van der Waals surface area contributed by atoms with Gasteiger partial charge in [-0.05, 0) is 6.92 Å². The highest BCUT2D eigenvalue weighted by Gasteiger charge is 2.12. The van der Waals surface area contributed by atoms with Gasteiger partial charge in [0.25, 0.3) is 0 Å². The van der Waals surface area contributed by atoms with Gasteiger partial charge >= 0.3 is 5.97 Å². The third-order valence-corrected chi connectivity index (χ3v) is 3.61. The summed E-state index contributed by atoms with van der Waals surface area (Å²) < 4.78 is 5.31. The number of benzene rings is 1. The van der Waals surface area contributed by atoms with E-state index < -0.39 is 5.97 Å². The van der Waals surface area contributed by atoms with Crippen LogP contribution in [0.1, 0.15) is 21.6 Å². The summed E-state index contributed by atoms with van der Waals surface area (Å²) in [6.45, 7) is 1.67. The molecule has 0 aliphatic rings. The molecule has 0 saturated carbocycles. The summed E-state index contributed by atoms with van der Waals surface area (Å²) in [7, 11) is 0. The molecular weight excluding hydrogens is 298 g/mol. The van der Waals surface area contributed by atoms with E-state index in [1.165, 1.54) is 11.3 Å². The van der Waals surface area contributed by atoms with Crippen molar-refractivity contribution < 1.29 is 14.3 Å². The third kappa shape index (κ3) is 4.15. The van der Waals surface area contributed by atoms with E-state index in [0.717, 1.165) is 5.56 Å². The zero-order valence-corrected chi connectivity index (χ0v) is 12.3. The lowest BCUT2D eigenvalue weighted by atomic mass is 10.1. The van der Waals surface area contributed by atoms with Crippen LogP contribution in [0.15, 0.2) is 29.6 Å². The van der Waals surface area contributed by atoms with Gasteiger partial charge in [0.15, 0.2) is 16.9 Å². The van der Waals surface area contributed by atoms with Crippen LogP contribution >= 0.6 is 22.9 Å². The Morgan fingerprint density at radius 1 is 1.30 bits per heavy atom. The molecule has 0 aliphatic heterocycles. The van der Waals surface area contributed by atoms with E-state index in [-0.39, 0.29) is 18.8 Å². The van der Waals surface area contributed by atoms with Gasteiger partial charge in [-0.15, -0.1) is 11.3 Å². The Morgan fingerprint density at radius 2 is 2.00 bits per heavy atom. The summed E-state index contributed by atoms with van der Waals surface area (Å²) >= 11 is 6.91. The smallest absolute Gasteiger partial charge is 0.312 e. The molecule has 0 amide bonds. The minimum atomic E-state index is -0.493. The molecule has 0 atom stereocenters. The number of aryl methyl sites for hydroxylation is 1. The normalized spacial score (nSPS) is 10.3. The highest BCUT2D eigenvalue weighted by Crippen LogP contribution is 2.15.